The van der Waals surface area contributed by atoms with Gasteiger partial charge in [0, 0.05) is 18.7 Å². The highest BCUT2D eigenvalue weighted by Crippen LogP contribution is 2.35. The summed E-state index contributed by atoms with van der Waals surface area (Å²) in [4.78, 5) is 5.71. The molecule has 0 aliphatic heterocycles. The van der Waals surface area contributed by atoms with Crippen molar-refractivity contribution >= 4 is 21.2 Å². The van der Waals surface area contributed by atoms with Crippen LogP contribution in [0.25, 0.3) is 21.9 Å². The lowest BCUT2D eigenvalue weighted by Crippen LogP contribution is -1.96. The highest BCUT2D eigenvalue weighted by atomic mass is 32.2. The van der Waals surface area contributed by atoms with Gasteiger partial charge in [0.1, 0.15) is 5.69 Å². The molecule has 4 nitrogen and oxygen atoms in total. The summed E-state index contributed by atoms with van der Waals surface area (Å²) in [6, 6.07) is 10.6. The number of nitrogens with zero attached hydrogens (tertiary/aromatic N) is 1. The molecule has 3 aromatic rings. The van der Waals surface area contributed by atoms with Gasteiger partial charge in [0.2, 0.25) is 0 Å². The zero-order chi connectivity index (χ0) is 15.0. The van der Waals surface area contributed by atoms with Crippen LogP contribution in [0.1, 0.15) is 5.89 Å². The summed E-state index contributed by atoms with van der Waals surface area (Å²) in [7, 11) is -3.19. The molecule has 0 unspecified atom stereocenters. The Labute approximate surface area is 127 Å². The number of hydrogen-bond acceptors (Lipinski definition) is 5. The fourth-order valence-electron chi connectivity index (χ4n) is 2.06. The standard InChI is InChI=1S/C15H13NO3S2/c1-10-16-14(15(19-10)13-4-3-9-20-13)11-5-7-12(8-6-11)21(2,17)18/h3-9H,1-2H3. The largest absolute Gasteiger partial charge is 0.439 e. The minimum absolute atomic E-state index is 0.296. The number of aromatic nitrogens is 1. The summed E-state index contributed by atoms with van der Waals surface area (Å²) in [5.41, 5.74) is 1.57. The van der Waals surface area contributed by atoms with Crippen LogP contribution in [0.4, 0.5) is 0 Å². The van der Waals surface area contributed by atoms with Gasteiger partial charge in [-0.3, -0.25) is 0 Å². The van der Waals surface area contributed by atoms with E-state index >= 15 is 0 Å². The highest BCUT2D eigenvalue weighted by molar-refractivity contribution is 7.90. The summed E-state index contributed by atoms with van der Waals surface area (Å²) in [6.45, 7) is 1.80. The normalized spacial score (nSPS) is 11.7. The molecule has 2 heterocycles. The van der Waals surface area contributed by atoms with Crippen LogP contribution in [0.5, 0.6) is 0 Å². The Morgan fingerprint density at radius 1 is 1.14 bits per heavy atom. The van der Waals surface area contributed by atoms with Crippen LogP contribution in [0.15, 0.2) is 51.1 Å². The van der Waals surface area contributed by atoms with Gasteiger partial charge in [-0.25, -0.2) is 13.4 Å². The number of rotatable bonds is 3. The molecule has 0 fully saturated rings. The van der Waals surface area contributed by atoms with E-state index in [2.05, 4.69) is 4.98 Å². The first-order valence-electron chi connectivity index (χ1n) is 6.27. The van der Waals surface area contributed by atoms with E-state index < -0.39 is 9.84 Å². The molecule has 0 atom stereocenters. The summed E-state index contributed by atoms with van der Waals surface area (Å²) in [6.07, 6.45) is 1.19. The maximum absolute atomic E-state index is 11.5. The molecule has 0 bridgehead atoms. The molecule has 0 saturated carbocycles. The summed E-state index contributed by atoms with van der Waals surface area (Å²) in [5, 5.41) is 1.98. The lowest BCUT2D eigenvalue weighted by molar-refractivity contribution is 0.535. The van der Waals surface area contributed by atoms with Gasteiger partial charge < -0.3 is 4.42 Å². The zero-order valence-corrected chi connectivity index (χ0v) is 13.2. The van der Waals surface area contributed by atoms with Crippen molar-refractivity contribution in [2.24, 2.45) is 0 Å². The van der Waals surface area contributed by atoms with E-state index in [9.17, 15) is 8.42 Å². The minimum atomic E-state index is -3.19. The highest BCUT2D eigenvalue weighted by Gasteiger charge is 2.16. The second-order valence-electron chi connectivity index (χ2n) is 4.68. The van der Waals surface area contributed by atoms with Crippen molar-refractivity contribution < 1.29 is 12.8 Å². The summed E-state index contributed by atoms with van der Waals surface area (Å²) < 4.78 is 28.7. The number of thiophene rings is 1. The van der Waals surface area contributed by atoms with E-state index in [4.69, 9.17) is 4.42 Å². The van der Waals surface area contributed by atoms with Gasteiger partial charge in [-0.1, -0.05) is 18.2 Å². The number of hydrogen-bond donors (Lipinski definition) is 0. The van der Waals surface area contributed by atoms with Crippen molar-refractivity contribution in [3.63, 3.8) is 0 Å². The van der Waals surface area contributed by atoms with Crippen molar-refractivity contribution in [3.05, 3.63) is 47.7 Å². The summed E-state index contributed by atoms with van der Waals surface area (Å²) >= 11 is 1.58. The van der Waals surface area contributed by atoms with Crippen molar-refractivity contribution in [1.29, 1.82) is 0 Å². The van der Waals surface area contributed by atoms with Crippen LogP contribution in [-0.4, -0.2) is 19.7 Å². The molecular weight excluding hydrogens is 306 g/mol. The maximum Gasteiger partial charge on any atom is 0.192 e. The van der Waals surface area contributed by atoms with Gasteiger partial charge in [0.15, 0.2) is 21.5 Å². The van der Waals surface area contributed by atoms with E-state index in [1.807, 2.05) is 17.5 Å². The van der Waals surface area contributed by atoms with Gasteiger partial charge in [0.25, 0.3) is 0 Å². The van der Waals surface area contributed by atoms with Crippen LogP contribution in [0.2, 0.25) is 0 Å². The predicted molar refractivity (Wildman–Crippen MR) is 83.1 cm³/mol. The molecule has 0 aliphatic rings. The first-order chi connectivity index (χ1) is 9.95. The molecule has 0 radical (unpaired) electrons. The first-order valence-corrected chi connectivity index (χ1v) is 9.04. The average Bonchev–Trinajstić information content (AvgIpc) is 3.06. The topological polar surface area (TPSA) is 60.2 Å². The van der Waals surface area contributed by atoms with Crippen LogP contribution in [0, 0.1) is 6.92 Å². The molecular formula is C15H13NO3S2. The third-order valence-electron chi connectivity index (χ3n) is 3.03. The monoisotopic (exact) mass is 319 g/mol. The number of oxazole rings is 1. The van der Waals surface area contributed by atoms with Crippen molar-refractivity contribution in [3.8, 4) is 21.9 Å². The Morgan fingerprint density at radius 3 is 2.43 bits per heavy atom. The summed E-state index contributed by atoms with van der Waals surface area (Å²) in [5.74, 6) is 1.30. The second kappa shape index (κ2) is 5.13. The zero-order valence-electron chi connectivity index (χ0n) is 11.5. The van der Waals surface area contributed by atoms with E-state index in [0.29, 0.717) is 10.8 Å². The minimum Gasteiger partial charge on any atom is -0.439 e. The van der Waals surface area contributed by atoms with Crippen molar-refractivity contribution in [2.75, 3.05) is 6.26 Å². The van der Waals surface area contributed by atoms with Crippen LogP contribution in [-0.2, 0) is 9.84 Å². The molecule has 0 N–H and O–H groups in total. The molecule has 1 aromatic carbocycles. The van der Waals surface area contributed by atoms with Gasteiger partial charge in [-0.05, 0) is 23.6 Å². The predicted octanol–water partition coefficient (Wildman–Crippen LogP) is 3.78. The van der Waals surface area contributed by atoms with E-state index in [1.54, 1.807) is 42.5 Å². The molecule has 0 amide bonds. The molecule has 0 aliphatic carbocycles. The van der Waals surface area contributed by atoms with Gasteiger partial charge in [-0.2, -0.15) is 0 Å². The van der Waals surface area contributed by atoms with Gasteiger partial charge in [0.05, 0.1) is 9.77 Å². The fourth-order valence-corrected chi connectivity index (χ4v) is 3.39. The molecule has 3 rings (SSSR count). The molecule has 108 valence electrons. The Hall–Kier alpha value is -1.92. The van der Waals surface area contributed by atoms with E-state index in [1.165, 1.54) is 6.26 Å². The smallest absolute Gasteiger partial charge is 0.192 e. The van der Waals surface area contributed by atoms with Crippen LogP contribution < -0.4 is 0 Å². The van der Waals surface area contributed by atoms with Crippen LogP contribution >= 0.6 is 11.3 Å². The van der Waals surface area contributed by atoms with Crippen molar-refractivity contribution in [1.82, 2.24) is 4.98 Å². The fraction of sp³-hybridized carbons (Fsp3) is 0.133. The maximum atomic E-state index is 11.5. The third-order valence-corrected chi connectivity index (χ3v) is 5.03. The first kappa shape index (κ1) is 14.0. The van der Waals surface area contributed by atoms with E-state index in [-0.39, 0.29) is 0 Å². The van der Waals surface area contributed by atoms with Crippen LogP contribution in [0.3, 0.4) is 0 Å². The lowest BCUT2D eigenvalue weighted by atomic mass is 10.1. The number of sulfone groups is 1. The number of benzene rings is 1. The molecule has 0 spiro atoms. The Morgan fingerprint density at radius 2 is 1.86 bits per heavy atom. The van der Waals surface area contributed by atoms with Crippen molar-refractivity contribution in [2.45, 2.75) is 11.8 Å². The third kappa shape index (κ3) is 2.77. The SMILES string of the molecule is Cc1nc(-c2ccc(S(C)(=O)=O)cc2)c(-c2cccs2)o1. The molecule has 2 aromatic heterocycles. The molecule has 6 heteroatoms. The Balaban J connectivity index is 2.09. The lowest BCUT2D eigenvalue weighted by Gasteiger charge is -2.02. The van der Waals surface area contributed by atoms with Gasteiger partial charge in [-0.15, -0.1) is 11.3 Å². The number of aryl methyl sites for hydroxylation is 1. The van der Waals surface area contributed by atoms with Gasteiger partial charge >= 0.3 is 0 Å². The molecule has 21 heavy (non-hydrogen) atoms. The average molecular weight is 319 g/mol. The van der Waals surface area contributed by atoms with E-state index in [0.717, 1.165) is 21.9 Å². The second-order valence-corrected chi connectivity index (χ2v) is 7.65. The Kier molecular flexibility index (Phi) is 3.43. The quantitative estimate of drug-likeness (QED) is 0.737. The Bertz CT molecular complexity index is 860. The molecule has 0 saturated heterocycles.